The van der Waals surface area contributed by atoms with Gasteiger partial charge in [0.1, 0.15) is 17.7 Å². The van der Waals surface area contributed by atoms with Gasteiger partial charge in [0.2, 0.25) is 5.91 Å². The molecule has 4 aliphatic rings. The number of rotatable bonds is 5. The van der Waals surface area contributed by atoms with Crippen LogP contribution in [0.1, 0.15) is 44.9 Å². The van der Waals surface area contributed by atoms with Crippen LogP contribution in [0.4, 0.5) is 4.39 Å². The van der Waals surface area contributed by atoms with Crippen molar-refractivity contribution in [2.75, 3.05) is 32.7 Å². The Kier molecular flexibility index (Phi) is 5.48. The summed E-state index contributed by atoms with van der Waals surface area (Å²) in [6.07, 6.45) is 8.18. The zero-order chi connectivity index (χ0) is 19.8. The molecule has 1 unspecified atom stereocenters. The Morgan fingerprint density at radius 3 is 2.41 bits per heavy atom. The van der Waals surface area contributed by atoms with E-state index in [0.29, 0.717) is 11.8 Å². The van der Waals surface area contributed by atoms with Crippen molar-refractivity contribution in [3.05, 3.63) is 30.1 Å². The molecule has 2 aliphatic heterocycles. The van der Waals surface area contributed by atoms with Gasteiger partial charge in [0.05, 0.1) is 6.04 Å². The minimum Gasteiger partial charge on any atom is -0.489 e. The van der Waals surface area contributed by atoms with Gasteiger partial charge in [0, 0.05) is 51.2 Å². The molecular formula is C23H32FN3O2. The van der Waals surface area contributed by atoms with Crippen molar-refractivity contribution in [2.24, 2.45) is 0 Å². The van der Waals surface area contributed by atoms with E-state index in [9.17, 15) is 9.18 Å². The van der Waals surface area contributed by atoms with Crippen molar-refractivity contribution in [1.29, 1.82) is 0 Å². The van der Waals surface area contributed by atoms with Crippen molar-refractivity contribution in [3.8, 4) is 5.75 Å². The number of ether oxygens (including phenoxy) is 1. The molecule has 0 spiro atoms. The van der Waals surface area contributed by atoms with Crippen LogP contribution in [0.25, 0.3) is 0 Å². The summed E-state index contributed by atoms with van der Waals surface area (Å²) in [7, 11) is 0. The molecule has 2 saturated heterocycles. The number of likely N-dealkylation sites (tertiary alicyclic amines) is 1. The summed E-state index contributed by atoms with van der Waals surface area (Å²) in [5.74, 6) is 0.720. The number of halogens is 1. The molecule has 2 atom stereocenters. The van der Waals surface area contributed by atoms with Gasteiger partial charge in [-0.15, -0.1) is 0 Å². The van der Waals surface area contributed by atoms with E-state index in [-0.39, 0.29) is 23.9 Å². The number of benzene rings is 1. The number of nitrogens with zero attached hydrogens (tertiary/aromatic N) is 3. The van der Waals surface area contributed by atoms with Gasteiger partial charge in [-0.2, -0.15) is 0 Å². The van der Waals surface area contributed by atoms with Gasteiger partial charge < -0.3 is 9.64 Å². The van der Waals surface area contributed by atoms with Crippen LogP contribution in [0, 0.1) is 5.82 Å². The Morgan fingerprint density at radius 1 is 0.931 bits per heavy atom. The molecule has 2 saturated carbocycles. The lowest BCUT2D eigenvalue weighted by Crippen LogP contribution is -2.48. The summed E-state index contributed by atoms with van der Waals surface area (Å²) in [4.78, 5) is 20.6. The molecule has 5 rings (SSSR count). The lowest BCUT2D eigenvalue weighted by atomic mass is 9.91. The van der Waals surface area contributed by atoms with E-state index < -0.39 is 0 Å². The van der Waals surface area contributed by atoms with Crippen LogP contribution in [0.2, 0.25) is 0 Å². The minimum atomic E-state index is -0.256. The quantitative estimate of drug-likeness (QED) is 0.760. The third kappa shape index (κ3) is 4.29. The van der Waals surface area contributed by atoms with Crippen molar-refractivity contribution >= 4 is 5.91 Å². The number of amides is 1. The summed E-state index contributed by atoms with van der Waals surface area (Å²) in [6, 6.07) is 7.43. The predicted octanol–water partition coefficient (Wildman–Crippen LogP) is 2.90. The van der Waals surface area contributed by atoms with Gasteiger partial charge in [-0.1, -0.05) is 6.42 Å². The third-order valence-electron chi connectivity index (χ3n) is 7.15. The number of hydrogen-bond donors (Lipinski definition) is 0. The van der Waals surface area contributed by atoms with Gasteiger partial charge in [-0.3, -0.25) is 14.6 Å². The summed E-state index contributed by atoms with van der Waals surface area (Å²) in [5, 5.41) is 0. The summed E-state index contributed by atoms with van der Waals surface area (Å²) in [6.45, 7) is 4.67. The predicted molar refractivity (Wildman–Crippen MR) is 109 cm³/mol. The van der Waals surface area contributed by atoms with Crippen molar-refractivity contribution < 1.29 is 13.9 Å². The zero-order valence-electron chi connectivity index (χ0n) is 17.1. The minimum absolute atomic E-state index is 0.00605. The van der Waals surface area contributed by atoms with Crippen LogP contribution in [-0.4, -0.2) is 77.6 Å². The largest absolute Gasteiger partial charge is 0.489 e. The van der Waals surface area contributed by atoms with Crippen LogP contribution < -0.4 is 4.74 Å². The number of carbonyl (C=O) groups excluding carboxylic acids is 1. The van der Waals surface area contributed by atoms with Crippen LogP contribution in [0.5, 0.6) is 5.75 Å². The molecule has 4 fully saturated rings. The Balaban J connectivity index is 1.22. The highest BCUT2D eigenvalue weighted by Crippen LogP contribution is 2.36. The van der Waals surface area contributed by atoms with E-state index >= 15 is 0 Å². The molecule has 29 heavy (non-hydrogen) atoms. The smallest absolute Gasteiger partial charge is 0.240 e. The molecule has 0 N–H and O–H groups in total. The molecule has 0 bridgehead atoms. The molecule has 1 aromatic rings. The Morgan fingerprint density at radius 2 is 1.72 bits per heavy atom. The molecule has 5 nitrogen and oxygen atoms in total. The fraction of sp³-hybridized carbons (Fsp3) is 0.696. The monoisotopic (exact) mass is 401 g/mol. The molecule has 158 valence electrons. The average molecular weight is 402 g/mol. The molecule has 6 heteroatoms. The maximum Gasteiger partial charge on any atom is 0.240 e. The third-order valence-corrected chi connectivity index (χ3v) is 7.15. The van der Waals surface area contributed by atoms with Crippen molar-refractivity contribution in [2.45, 2.75) is 69.2 Å². The van der Waals surface area contributed by atoms with E-state index in [4.69, 9.17) is 4.74 Å². The highest BCUT2D eigenvalue weighted by molar-refractivity contribution is 5.82. The average Bonchev–Trinajstić information content (AvgIpc) is 3.47. The molecule has 1 amide bonds. The molecule has 1 aromatic carbocycles. The van der Waals surface area contributed by atoms with Gasteiger partial charge in [-0.25, -0.2) is 4.39 Å². The van der Waals surface area contributed by atoms with E-state index in [1.807, 2.05) is 0 Å². The first-order valence-electron chi connectivity index (χ1n) is 11.4. The molecule has 2 aliphatic carbocycles. The van der Waals surface area contributed by atoms with Crippen molar-refractivity contribution in [3.63, 3.8) is 0 Å². The second-order valence-electron chi connectivity index (χ2n) is 9.17. The second kappa shape index (κ2) is 8.23. The highest BCUT2D eigenvalue weighted by Gasteiger charge is 2.46. The van der Waals surface area contributed by atoms with Crippen molar-refractivity contribution in [1.82, 2.24) is 14.7 Å². The molecule has 2 heterocycles. The molecular weight excluding hydrogens is 369 g/mol. The lowest BCUT2D eigenvalue weighted by Gasteiger charge is -2.37. The fourth-order valence-electron chi connectivity index (χ4n) is 5.15. The molecule has 0 radical (unpaired) electrons. The summed E-state index contributed by atoms with van der Waals surface area (Å²) in [5.41, 5.74) is 0. The second-order valence-corrected chi connectivity index (χ2v) is 9.17. The number of hydrogen-bond acceptors (Lipinski definition) is 4. The Bertz CT molecular complexity index is 719. The van der Waals surface area contributed by atoms with E-state index in [1.54, 1.807) is 12.1 Å². The Labute approximate surface area is 172 Å². The van der Waals surface area contributed by atoms with E-state index in [0.717, 1.165) is 51.6 Å². The first-order chi connectivity index (χ1) is 14.2. The van der Waals surface area contributed by atoms with E-state index in [2.05, 4.69) is 14.7 Å². The van der Waals surface area contributed by atoms with Gasteiger partial charge >= 0.3 is 0 Å². The van der Waals surface area contributed by atoms with Gasteiger partial charge in [0.25, 0.3) is 0 Å². The molecule has 0 aromatic heterocycles. The van der Waals surface area contributed by atoms with Crippen LogP contribution >= 0.6 is 0 Å². The fourth-order valence-corrected chi connectivity index (χ4v) is 5.15. The van der Waals surface area contributed by atoms with Crippen LogP contribution in [0.15, 0.2) is 24.3 Å². The van der Waals surface area contributed by atoms with Crippen LogP contribution in [0.3, 0.4) is 0 Å². The SMILES string of the molecule is O=C([C@@H]1CC(Oc2ccc(F)cc2)CN1C1CC1)N1CCCN(C2CCC2)CC1. The number of carbonyl (C=O) groups is 1. The first-order valence-corrected chi connectivity index (χ1v) is 11.4. The van der Waals surface area contributed by atoms with Gasteiger partial charge in [-0.05, 0) is 56.4 Å². The topological polar surface area (TPSA) is 36.0 Å². The highest BCUT2D eigenvalue weighted by atomic mass is 19.1. The van der Waals surface area contributed by atoms with Gasteiger partial charge in [0.15, 0.2) is 0 Å². The van der Waals surface area contributed by atoms with E-state index in [1.165, 1.54) is 44.2 Å². The maximum atomic E-state index is 13.5. The Hall–Kier alpha value is -1.66. The summed E-state index contributed by atoms with van der Waals surface area (Å²) < 4.78 is 19.3. The standard InChI is InChI=1S/C23H32FN3O2/c24-17-5-9-20(10-6-17)29-21-15-22(27(16-21)19-7-8-19)23(28)26-12-2-11-25(13-14-26)18-3-1-4-18/h5-6,9-10,18-19,21-22H,1-4,7-8,11-16H2/t21?,22-/m0/s1. The lowest BCUT2D eigenvalue weighted by molar-refractivity contribution is -0.136. The van der Waals surface area contributed by atoms with Crippen LogP contribution in [-0.2, 0) is 4.79 Å². The summed E-state index contributed by atoms with van der Waals surface area (Å²) >= 11 is 0. The zero-order valence-corrected chi connectivity index (χ0v) is 17.1. The maximum absolute atomic E-state index is 13.5. The first kappa shape index (κ1) is 19.3. The normalized spacial score (nSPS) is 29.5.